The third kappa shape index (κ3) is 11.1. The van der Waals surface area contributed by atoms with Crippen LogP contribution in [-0.4, -0.2) is 64.0 Å². The predicted octanol–water partition coefficient (Wildman–Crippen LogP) is 3.50. The van der Waals surface area contributed by atoms with E-state index in [9.17, 15) is 0 Å². The van der Waals surface area contributed by atoms with Crippen LogP contribution in [0.1, 0.15) is 25.7 Å². The minimum atomic E-state index is 0.441. The summed E-state index contributed by atoms with van der Waals surface area (Å²) in [4.78, 5) is 0. The quantitative estimate of drug-likeness (QED) is 0.352. The standard InChI is InChI=1S/C16H32O4S2/c1-21-9-7-17-13-19-11-15-3-5-16(6-4-15)12-20-14-18-8-10-22-2/h15-16H,3-14H2,1-2H3. The first-order valence-electron chi connectivity index (χ1n) is 8.15. The van der Waals surface area contributed by atoms with Gasteiger partial charge in [-0.25, -0.2) is 0 Å². The molecule has 0 bridgehead atoms. The summed E-state index contributed by atoms with van der Waals surface area (Å²) >= 11 is 3.59. The highest BCUT2D eigenvalue weighted by Gasteiger charge is 2.21. The Morgan fingerprint density at radius 2 is 1.09 bits per heavy atom. The van der Waals surface area contributed by atoms with Crippen LogP contribution < -0.4 is 0 Å². The summed E-state index contributed by atoms with van der Waals surface area (Å²) in [6.45, 7) is 4.12. The molecule has 0 saturated heterocycles. The number of thioether (sulfide) groups is 2. The zero-order valence-electron chi connectivity index (χ0n) is 14.1. The van der Waals surface area contributed by atoms with Crippen LogP contribution in [0.4, 0.5) is 0 Å². The summed E-state index contributed by atoms with van der Waals surface area (Å²) in [6.07, 6.45) is 9.14. The molecule has 0 aromatic rings. The van der Waals surface area contributed by atoms with Gasteiger partial charge in [-0.15, -0.1) is 0 Å². The van der Waals surface area contributed by atoms with E-state index >= 15 is 0 Å². The van der Waals surface area contributed by atoms with Crippen LogP contribution in [0.25, 0.3) is 0 Å². The lowest BCUT2D eigenvalue weighted by molar-refractivity contribution is -0.0747. The lowest BCUT2D eigenvalue weighted by atomic mass is 9.83. The van der Waals surface area contributed by atoms with Crippen LogP contribution in [0, 0.1) is 11.8 Å². The molecule has 0 spiro atoms. The molecule has 0 N–H and O–H groups in total. The predicted molar refractivity (Wildman–Crippen MR) is 95.8 cm³/mol. The highest BCUT2D eigenvalue weighted by Crippen LogP contribution is 2.29. The lowest BCUT2D eigenvalue weighted by Gasteiger charge is -2.28. The lowest BCUT2D eigenvalue weighted by Crippen LogP contribution is -2.22. The smallest absolute Gasteiger partial charge is 0.146 e. The highest BCUT2D eigenvalue weighted by atomic mass is 32.2. The van der Waals surface area contributed by atoms with Gasteiger partial charge in [-0.05, 0) is 50.0 Å². The van der Waals surface area contributed by atoms with Crippen LogP contribution in [0.5, 0.6) is 0 Å². The summed E-state index contributed by atoms with van der Waals surface area (Å²) < 4.78 is 22.0. The minimum absolute atomic E-state index is 0.441. The van der Waals surface area contributed by atoms with Crippen molar-refractivity contribution in [1.29, 1.82) is 0 Å². The number of ether oxygens (including phenoxy) is 4. The fourth-order valence-electron chi connectivity index (χ4n) is 2.51. The molecule has 0 unspecified atom stereocenters. The molecule has 1 fully saturated rings. The molecule has 0 aromatic carbocycles. The molecule has 0 radical (unpaired) electrons. The average Bonchev–Trinajstić information content (AvgIpc) is 2.55. The summed E-state index contributed by atoms with van der Waals surface area (Å²) in [5.74, 6) is 3.46. The Hall–Kier alpha value is 0.540. The van der Waals surface area contributed by atoms with Gasteiger partial charge in [0.15, 0.2) is 0 Å². The van der Waals surface area contributed by atoms with Crippen LogP contribution >= 0.6 is 23.5 Å². The molecule has 1 aliphatic rings. The summed E-state index contributed by atoms with van der Waals surface area (Å²) in [5.41, 5.74) is 0. The molecule has 132 valence electrons. The van der Waals surface area contributed by atoms with Crippen molar-refractivity contribution in [3.8, 4) is 0 Å². The van der Waals surface area contributed by atoms with Crippen LogP contribution in [-0.2, 0) is 18.9 Å². The second-order valence-corrected chi connectivity index (χ2v) is 7.64. The second-order valence-electron chi connectivity index (χ2n) is 5.67. The molecule has 0 aromatic heterocycles. The molecule has 1 saturated carbocycles. The fourth-order valence-corrected chi connectivity index (χ4v) is 3.08. The number of rotatable bonds is 14. The van der Waals surface area contributed by atoms with Gasteiger partial charge in [0.2, 0.25) is 0 Å². The fraction of sp³-hybridized carbons (Fsp3) is 1.00. The molecule has 22 heavy (non-hydrogen) atoms. The SMILES string of the molecule is CSCCOCOCC1CCC(COCOCCSC)CC1. The molecule has 4 nitrogen and oxygen atoms in total. The van der Waals surface area contributed by atoms with E-state index < -0.39 is 0 Å². The Labute approximate surface area is 144 Å². The topological polar surface area (TPSA) is 36.9 Å². The Bertz CT molecular complexity index is 212. The summed E-state index contributed by atoms with van der Waals surface area (Å²) in [5, 5.41) is 0. The van der Waals surface area contributed by atoms with Crippen molar-refractivity contribution in [2.24, 2.45) is 11.8 Å². The molecule has 6 heteroatoms. The van der Waals surface area contributed by atoms with E-state index in [2.05, 4.69) is 12.5 Å². The van der Waals surface area contributed by atoms with Crippen LogP contribution in [0.3, 0.4) is 0 Å². The monoisotopic (exact) mass is 352 g/mol. The van der Waals surface area contributed by atoms with Gasteiger partial charge in [0.1, 0.15) is 13.6 Å². The maximum absolute atomic E-state index is 5.61. The Morgan fingerprint density at radius 3 is 1.45 bits per heavy atom. The van der Waals surface area contributed by atoms with Gasteiger partial charge in [-0.3, -0.25) is 0 Å². The van der Waals surface area contributed by atoms with E-state index in [1.54, 1.807) is 23.5 Å². The number of hydrogen-bond acceptors (Lipinski definition) is 6. The molecular weight excluding hydrogens is 320 g/mol. The van der Waals surface area contributed by atoms with Gasteiger partial charge in [-0.1, -0.05) is 0 Å². The first-order valence-corrected chi connectivity index (χ1v) is 10.9. The average molecular weight is 353 g/mol. The Balaban J connectivity index is 1.88. The minimum Gasteiger partial charge on any atom is -0.355 e. The Morgan fingerprint density at radius 1 is 0.682 bits per heavy atom. The summed E-state index contributed by atoms with van der Waals surface area (Å²) in [6, 6.07) is 0. The Kier molecular flexibility index (Phi) is 14.1. The van der Waals surface area contributed by atoms with E-state index in [-0.39, 0.29) is 0 Å². The van der Waals surface area contributed by atoms with E-state index in [1.807, 2.05) is 0 Å². The van der Waals surface area contributed by atoms with Crippen LogP contribution in [0.15, 0.2) is 0 Å². The summed E-state index contributed by atoms with van der Waals surface area (Å²) in [7, 11) is 0. The van der Waals surface area contributed by atoms with Crippen molar-refractivity contribution < 1.29 is 18.9 Å². The van der Waals surface area contributed by atoms with Crippen molar-refractivity contribution in [1.82, 2.24) is 0 Å². The highest BCUT2D eigenvalue weighted by molar-refractivity contribution is 7.98. The molecule has 0 amide bonds. The zero-order chi connectivity index (χ0) is 15.9. The number of hydrogen-bond donors (Lipinski definition) is 0. The van der Waals surface area contributed by atoms with Crippen molar-refractivity contribution in [3.63, 3.8) is 0 Å². The van der Waals surface area contributed by atoms with Crippen molar-refractivity contribution in [3.05, 3.63) is 0 Å². The molecule has 1 aliphatic carbocycles. The van der Waals surface area contributed by atoms with E-state index in [0.29, 0.717) is 25.4 Å². The maximum Gasteiger partial charge on any atom is 0.146 e. The van der Waals surface area contributed by atoms with Crippen molar-refractivity contribution in [2.45, 2.75) is 25.7 Å². The van der Waals surface area contributed by atoms with Gasteiger partial charge in [0.05, 0.1) is 26.4 Å². The molecule has 0 heterocycles. The molecule has 1 rings (SSSR count). The second kappa shape index (κ2) is 15.1. The first kappa shape index (κ1) is 20.6. The van der Waals surface area contributed by atoms with Gasteiger partial charge in [0, 0.05) is 11.5 Å². The molecular formula is C16H32O4S2. The normalized spacial score (nSPS) is 22.1. The van der Waals surface area contributed by atoms with Gasteiger partial charge in [0.25, 0.3) is 0 Å². The largest absolute Gasteiger partial charge is 0.355 e. The first-order chi connectivity index (χ1) is 10.9. The van der Waals surface area contributed by atoms with E-state index in [0.717, 1.165) is 37.9 Å². The van der Waals surface area contributed by atoms with Gasteiger partial charge < -0.3 is 18.9 Å². The van der Waals surface area contributed by atoms with Gasteiger partial charge >= 0.3 is 0 Å². The van der Waals surface area contributed by atoms with E-state index in [1.165, 1.54) is 25.7 Å². The van der Waals surface area contributed by atoms with Crippen molar-refractivity contribution >= 4 is 23.5 Å². The third-order valence-corrected chi connectivity index (χ3v) is 5.02. The molecule has 0 aliphatic heterocycles. The third-order valence-electron chi connectivity index (χ3n) is 3.87. The van der Waals surface area contributed by atoms with Crippen LogP contribution in [0.2, 0.25) is 0 Å². The zero-order valence-corrected chi connectivity index (χ0v) is 15.7. The van der Waals surface area contributed by atoms with Gasteiger partial charge in [-0.2, -0.15) is 23.5 Å². The molecule has 0 atom stereocenters. The van der Waals surface area contributed by atoms with Crippen molar-refractivity contribution in [2.75, 3.05) is 64.0 Å². The maximum atomic E-state index is 5.61. The van der Waals surface area contributed by atoms with E-state index in [4.69, 9.17) is 18.9 Å².